The van der Waals surface area contributed by atoms with Crippen molar-refractivity contribution in [3.8, 4) is 0 Å². The SMILES string of the molecule is CC(C)N(C(=O)CSc1nnc(C[C@@H]2CCS(=O)(=O)C2)n1C)C(C)C. The van der Waals surface area contributed by atoms with Gasteiger partial charge in [-0.25, -0.2) is 8.42 Å². The lowest BCUT2D eigenvalue weighted by molar-refractivity contribution is -0.131. The van der Waals surface area contributed by atoms with Gasteiger partial charge in [0.05, 0.1) is 17.3 Å². The summed E-state index contributed by atoms with van der Waals surface area (Å²) in [4.78, 5) is 14.3. The van der Waals surface area contributed by atoms with Gasteiger partial charge in [-0.3, -0.25) is 4.79 Å². The van der Waals surface area contributed by atoms with Crippen LogP contribution in [-0.4, -0.2) is 63.3 Å². The molecule has 2 heterocycles. The Bertz CT molecular complexity index is 705. The van der Waals surface area contributed by atoms with Crippen molar-refractivity contribution in [2.24, 2.45) is 13.0 Å². The van der Waals surface area contributed by atoms with Crippen molar-refractivity contribution in [2.45, 2.75) is 57.8 Å². The molecule has 1 fully saturated rings. The Morgan fingerprint density at radius 2 is 1.92 bits per heavy atom. The molecule has 142 valence electrons. The van der Waals surface area contributed by atoms with Gasteiger partial charge < -0.3 is 9.47 Å². The second-order valence-electron chi connectivity index (χ2n) is 7.21. The van der Waals surface area contributed by atoms with Gasteiger partial charge in [0, 0.05) is 25.6 Å². The highest BCUT2D eigenvalue weighted by Gasteiger charge is 2.29. The maximum Gasteiger partial charge on any atom is 0.233 e. The molecule has 1 aromatic heterocycles. The van der Waals surface area contributed by atoms with Crippen LogP contribution in [0.1, 0.15) is 39.9 Å². The molecule has 0 aliphatic carbocycles. The van der Waals surface area contributed by atoms with Gasteiger partial charge in [-0.05, 0) is 40.0 Å². The highest BCUT2D eigenvalue weighted by molar-refractivity contribution is 7.99. The summed E-state index contributed by atoms with van der Waals surface area (Å²) in [7, 11) is -1.01. The number of amides is 1. The molecule has 25 heavy (non-hydrogen) atoms. The van der Waals surface area contributed by atoms with Crippen LogP contribution < -0.4 is 0 Å². The molecule has 2 rings (SSSR count). The van der Waals surface area contributed by atoms with Gasteiger partial charge in [-0.1, -0.05) is 11.8 Å². The molecule has 0 saturated carbocycles. The summed E-state index contributed by atoms with van der Waals surface area (Å²) < 4.78 is 25.0. The van der Waals surface area contributed by atoms with E-state index in [4.69, 9.17) is 0 Å². The first kappa shape index (κ1) is 20.2. The average molecular weight is 389 g/mol. The van der Waals surface area contributed by atoms with Crippen LogP contribution in [0.25, 0.3) is 0 Å². The van der Waals surface area contributed by atoms with Gasteiger partial charge in [0.1, 0.15) is 5.82 Å². The van der Waals surface area contributed by atoms with E-state index in [2.05, 4.69) is 10.2 Å². The molecule has 1 aliphatic rings. The molecule has 1 amide bonds. The quantitative estimate of drug-likeness (QED) is 0.659. The Balaban J connectivity index is 1.96. The lowest BCUT2D eigenvalue weighted by Gasteiger charge is -2.30. The number of carbonyl (C=O) groups is 1. The largest absolute Gasteiger partial charge is 0.337 e. The minimum absolute atomic E-state index is 0.0847. The molecule has 0 radical (unpaired) electrons. The van der Waals surface area contributed by atoms with E-state index in [1.165, 1.54) is 11.8 Å². The summed E-state index contributed by atoms with van der Waals surface area (Å²) in [5.41, 5.74) is 0. The smallest absolute Gasteiger partial charge is 0.233 e. The van der Waals surface area contributed by atoms with E-state index < -0.39 is 9.84 Å². The highest BCUT2D eigenvalue weighted by Crippen LogP contribution is 2.24. The van der Waals surface area contributed by atoms with Crippen LogP contribution in [0.15, 0.2) is 5.16 Å². The number of thioether (sulfide) groups is 1. The van der Waals surface area contributed by atoms with Crippen LogP contribution in [0.3, 0.4) is 0 Å². The molecule has 0 N–H and O–H groups in total. The monoisotopic (exact) mass is 388 g/mol. The standard InChI is InChI=1S/C16H28N4O3S2/c1-11(2)20(12(3)4)15(21)9-24-16-18-17-14(19(16)5)8-13-6-7-25(22,23)10-13/h11-13H,6-10H2,1-5H3/t13-/m0/s1. The van der Waals surface area contributed by atoms with Crippen molar-refractivity contribution in [3.05, 3.63) is 5.82 Å². The Morgan fingerprint density at radius 3 is 2.44 bits per heavy atom. The van der Waals surface area contributed by atoms with Gasteiger partial charge in [-0.15, -0.1) is 10.2 Å². The van der Waals surface area contributed by atoms with Crippen LogP contribution in [0, 0.1) is 5.92 Å². The van der Waals surface area contributed by atoms with E-state index >= 15 is 0 Å². The predicted molar refractivity (Wildman–Crippen MR) is 99.3 cm³/mol. The molecular formula is C16H28N4O3S2. The minimum Gasteiger partial charge on any atom is -0.337 e. The van der Waals surface area contributed by atoms with E-state index in [0.717, 1.165) is 5.82 Å². The second kappa shape index (κ2) is 8.07. The van der Waals surface area contributed by atoms with E-state index in [0.29, 0.717) is 23.8 Å². The average Bonchev–Trinajstić information content (AvgIpc) is 3.00. The number of rotatable bonds is 7. The number of carbonyl (C=O) groups excluding carboxylic acids is 1. The lowest BCUT2D eigenvalue weighted by atomic mass is 10.1. The maximum atomic E-state index is 12.4. The molecule has 7 nitrogen and oxygen atoms in total. The molecule has 1 aliphatic heterocycles. The van der Waals surface area contributed by atoms with Crippen LogP contribution in [0.5, 0.6) is 0 Å². The summed E-state index contributed by atoms with van der Waals surface area (Å²) in [5.74, 6) is 1.80. The normalized spacial score (nSPS) is 19.7. The fourth-order valence-corrected chi connectivity index (χ4v) is 5.97. The van der Waals surface area contributed by atoms with E-state index in [-0.39, 0.29) is 35.4 Å². The summed E-state index contributed by atoms with van der Waals surface area (Å²) in [6.45, 7) is 8.05. The number of hydrogen-bond acceptors (Lipinski definition) is 6. The minimum atomic E-state index is -2.88. The van der Waals surface area contributed by atoms with E-state index in [1.54, 1.807) is 0 Å². The zero-order valence-corrected chi connectivity index (χ0v) is 17.2. The fraction of sp³-hybridized carbons (Fsp3) is 0.812. The van der Waals surface area contributed by atoms with Crippen LogP contribution in [-0.2, 0) is 28.1 Å². The van der Waals surface area contributed by atoms with Crippen molar-refractivity contribution >= 4 is 27.5 Å². The van der Waals surface area contributed by atoms with Crippen LogP contribution in [0.4, 0.5) is 0 Å². The van der Waals surface area contributed by atoms with Gasteiger partial charge in [0.15, 0.2) is 15.0 Å². The molecule has 1 atom stereocenters. The zero-order chi connectivity index (χ0) is 18.8. The number of hydrogen-bond donors (Lipinski definition) is 0. The summed E-state index contributed by atoms with van der Waals surface area (Å²) in [5, 5.41) is 9.05. The summed E-state index contributed by atoms with van der Waals surface area (Å²) in [6, 6.07) is 0.319. The molecule has 9 heteroatoms. The van der Waals surface area contributed by atoms with Gasteiger partial charge in [-0.2, -0.15) is 0 Å². The summed E-state index contributed by atoms with van der Waals surface area (Å²) in [6.07, 6.45) is 1.30. The third-order valence-electron chi connectivity index (χ3n) is 4.45. The molecular weight excluding hydrogens is 360 g/mol. The van der Waals surface area contributed by atoms with Gasteiger partial charge >= 0.3 is 0 Å². The fourth-order valence-electron chi connectivity index (χ4n) is 3.31. The molecule has 0 spiro atoms. The van der Waals surface area contributed by atoms with Crippen LogP contribution in [0.2, 0.25) is 0 Å². The highest BCUT2D eigenvalue weighted by atomic mass is 32.2. The first-order valence-electron chi connectivity index (χ1n) is 8.63. The van der Waals surface area contributed by atoms with Crippen molar-refractivity contribution in [3.63, 3.8) is 0 Å². The topological polar surface area (TPSA) is 85.2 Å². The van der Waals surface area contributed by atoms with Gasteiger partial charge in [0.2, 0.25) is 5.91 Å². The molecule has 0 unspecified atom stereocenters. The van der Waals surface area contributed by atoms with E-state index in [1.807, 2.05) is 44.2 Å². The van der Waals surface area contributed by atoms with Crippen molar-refractivity contribution in [1.82, 2.24) is 19.7 Å². The first-order valence-corrected chi connectivity index (χ1v) is 11.4. The molecule has 0 bridgehead atoms. The third kappa shape index (κ3) is 5.20. The Labute approximate surface area is 154 Å². The molecule has 1 aromatic rings. The van der Waals surface area contributed by atoms with Crippen molar-refractivity contribution in [2.75, 3.05) is 17.3 Å². The number of nitrogens with zero attached hydrogens (tertiary/aromatic N) is 4. The van der Waals surface area contributed by atoms with Crippen LogP contribution >= 0.6 is 11.8 Å². The Morgan fingerprint density at radius 1 is 1.28 bits per heavy atom. The number of aromatic nitrogens is 3. The Hall–Kier alpha value is -1.09. The van der Waals surface area contributed by atoms with Gasteiger partial charge in [0.25, 0.3) is 0 Å². The Kier molecular flexibility index (Phi) is 6.53. The maximum absolute atomic E-state index is 12.4. The number of sulfone groups is 1. The predicted octanol–water partition coefficient (Wildman–Crippen LogP) is 1.53. The third-order valence-corrected chi connectivity index (χ3v) is 7.29. The first-order chi connectivity index (χ1) is 11.6. The summed E-state index contributed by atoms with van der Waals surface area (Å²) >= 11 is 1.38. The molecule has 1 saturated heterocycles. The van der Waals surface area contributed by atoms with Crippen molar-refractivity contribution in [1.29, 1.82) is 0 Å². The second-order valence-corrected chi connectivity index (χ2v) is 10.4. The van der Waals surface area contributed by atoms with E-state index in [9.17, 15) is 13.2 Å². The molecule has 0 aromatic carbocycles. The zero-order valence-electron chi connectivity index (χ0n) is 15.6. The van der Waals surface area contributed by atoms with Crippen molar-refractivity contribution < 1.29 is 13.2 Å². The lowest BCUT2D eigenvalue weighted by Crippen LogP contribution is -2.43.